The van der Waals surface area contributed by atoms with E-state index in [1.807, 2.05) is 4.90 Å². The molecule has 2 atom stereocenters. The van der Waals surface area contributed by atoms with Gasteiger partial charge in [-0.05, 0) is 50.9 Å². The number of carbonyl (C=O) groups excluding carboxylic acids is 1. The predicted molar refractivity (Wildman–Crippen MR) is 81.2 cm³/mol. The van der Waals surface area contributed by atoms with Crippen molar-refractivity contribution in [1.29, 1.82) is 0 Å². The van der Waals surface area contributed by atoms with Gasteiger partial charge >= 0.3 is 0 Å². The van der Waals surface area contributed by atoms with Crippen LogP contribution in [0.3, 0.4) is 0 Å². The number of aromatic nitrogens is 2. The molecule has 114 valence electrons. The van der Waals surface area contributed by atoms with Crippen LogP contribution >= 0.6 is 0 Å². The monoisotopic (exact) mass is 289 g/mol. The van der Waals surface area contributed by atoms with Crippen molar-refractivity contribution in [3.8, 4) is 0 Å². The fourth-order valence-electron chi connectivity index (χ4n) is 3.58. The number of carbonyl (C=O) groups is 1. The molecule has 0 spiro atoms. The number of hydrogen-bond acceptors (Lipinski definition) is 5. The molecular weight excluding hydrogens is 266 g/mol. The number of piperidine rings is 2. The third-order valence-electron chi connectivity index (χ3n) is 4.77. The lowest BCUT2D eigenvalue weighted by atomic mass is 9.84. The summed E-state index contributed by atoms with van der Waals surface area (Å²) in [5.74, 6) is 1.29. The predicted octanol–water partition coefficient (Wildman–Crippen LogP) is 1.07. The summed E-state index contributed by atoms with van der Waals surface area (Å²) in [5, 5.41) is 10.9. The van der Waals surface area contributed by atoms with Crippen molar-refractivity contribution >= 4 is 11.7 Å². The van der Waals surface area contributed by atoms with Crippen molar-refractivity contribution in [3.05, 3.63) is 17.8 Å². The first-order chi connectivity index (χ1) is 10.2. The SMILES string of the molecule is CNc1ccc(C(=O)N2CCC3C(CCCN3C)C2)nn1. The highest BCUT2D eigenvalue weighted by atomic mass is 16.2. The van der Waals surface area contributed by atoms with Gasteiger partial charge in [0.05, 0.1) is 0 Å². The maximum Gasteiger partial charge on any atom is 0.274 e. The third-order valence-corrected chi connectivity index (χ3v) is 4.77. The Labute approximate surface area is 125 Å². The van der Waals surface area contributed by atoms with Crippen LogP contribution in [0.2, 0.25) is 0 Å². The summed E-state index contributed by atoms with van der Waals surface area (Å²) in [6.07, 6.45) is 3.52. The maximum atomic E-state index is 12.5. The number of anilines is 1. The van der Waals surface area contributed by atoms with Gasteiger partial charge in [0.15, 0.2) is 5.69 Å². The summed E-state index contributed by atoms with van der Waals surface area (Å²) in [4.78, 5) is 16.9. The van der Waals surface area contributed by atoms with Crippen LogP contribution in [0.25, 0.3) is 0 Å². The van der Waals surface area contributed by atoms with E-state index in [0.29, 0.717) is 23.5 Å². The lowest BCUT2D eigenvalue weighted by Gasteiger charge is -2.45. The summed E-state index contributed by atoms with van der Waals surface area (Å²) in [6.45, 7) is 2.86. The average Bonchev–Trinajstić information content (AvgIpc) is 2.54. The molecule has 2 aliphatic rings. The first-order valence-electron chi connectivity index (χ1n) is 7.70. The quantitative estimate of drug-likeness (QED) is 0.882. The molecule has 6 heteroatoms. The zero-order valence-corrected chi connectivity index (χ0v) is 12.7. The van der Waals surface area contributed by atoms with Crippen LogP contribution < -0.4 is 5.32 Å². The second-order valence-corrected chi connectivity index (χ2v) is 6.04. The topological polar surface area (TPSA) is 61.4 Å². The molecule has 2 saturated heterocycles. The number of likely N-dealkylation sites (tertiary alicyclic amines) is 2. The van der Waals surface area contributed by atoms with Crippen molar-refractivity contribution in [2.75, 3.05) is 39.0 Å². The molecule has 0 aromatic carbocycles. The van der Waals surface area contributed by atoms with Crippen molar-refractivity contribution in [1.82, 2.24) is 20.0 Å². The molecule has 6 nitrogen and oxygen atoms in total. The molecule has 0 radical (unpaired) electrons. The van der Waals surface area contributed by atoms with Gasteiger partial charge in [-0.25, -0.2) is 0 Å². The van der Waals surface area contributed by atoms with E-state index in [9.17, 15) is 4.79 Å². The minimum atomic E-state index is 0.0110. The minimum absolute atomic E-state index is 0.0110. The number of fused-ring (bicyclic) bond motifs is 1. The molecule has 2 unspecified atom stereocenters. The van der Waals surface area contributed by atoms with Gasteiger partial charge in [-0.3, -0.25) is 4.79 Å². The Kier molecular flexibility index (Phi) is 4.05. The van der Waals surface area contributed by atoms with Gasteiger partial charge in [0.25, 0.3) is 5.91 Å². The molecule has 21 heavy (non-hydrogen) atoms. The first kappa shape index (κ1) is 14.3. The molecule has 1 aromatic rings. The molecule has 1 amide bonds. The largest absolute Gasteiger partial charge is 0.372 e. The average molecular weight is 289 g/mol. The number of hydrogen-bond donors (Lipinski definition) is 1. The molecule has 3 heterocycles. The lowest BCUT2D eigenvalue weighted by molar-refractivity contribution is 0.0312. The summed E-state index contributed by atoms with van der Waals surface area (Å²) >= 11 is 0. The Hall–Kier alpha value is -1.69. The molecular formula is C15H23N5O. The molecule has 1 N–H and O–H groups in total. The number of rotatable bonds is 2. The van der Waals surface area contributed by atoms with Crippen LogP contribution in [-0.4, -0.2) is 65.7 Å². The van der Waals surface area contributed by atoms with E-state index < -0.39 is 0 Å². The van der Waals surface area contributed by atoms with Crippen LogP contribution in [0, 0.1) is 5.92 Å². The molecule has 1 aromatic heterocycles. The fourth-order valence-corrected chi connectivity index (χ4v) is 3.58. The first-order valence-corrected chi connectivity index (χ1v) is 7.70. The summed E-state index contributed by atoms with van der Waals surface area (Å²) in [6, 6.07) is 4.18. The molecule has 0 bridgehead atoms. The zero-order chi connectivity index (χ0) is 14.8. The van der Waals surface area contributed by atoms with E-state index in [0.717, 1.165) is 19.5 Å². The Morgan fingerprint density at radius 2 is 2.14 bits per heavy atom. The van der Waals surface area contributed by atoms with Gasteiger partial charge in [-0.2, -0.15) is 0 Å². The van der Waals surface area contributed by atoms with E-state index in [1.165, 1.54) is 19.4 Å². The molecule has 2 fully saturated rings. The fraction of sp³-hybridized carbons (Fsp3) is 0.667. The smallest absolute Gasteiger partial charge is 0.274 e. The molecule has 2 aliphatic heterocycles. The van der Waals surface area contributed by atoms with Gasteiger partial charge in [0, 0.05) is 26.2 Å². The van der Waals surface area contributed by atoms with E-state index in [2.05, 4.69) is 27.5 Å². The van der Waals surface area contributed by atoms with Crippen LogP contribution in [-0.2, 0) is 0 Å². The molecule has 0 saturated carbocycles. The van der Waals surface area contributed by atoms with E-state index in [4.69, 9.17) is 0 Å². The normalized spacial score (nSPS) is 26.3. The van der Waals surface area contributed by atoms with E-state index in [1.54, 1.807) is 19.2 Å². The Bertz CT molecular complexity index is 503. The lowest BCUT2D eigenvalue weighted by Crippen LogP contribution is -2.54. The van der Waals surface area contributed by atoms with Crippen molar-refractivity contribution < 1.29 is 4.79 Å². The minimum Gasteiger partial charge on any atom is -0.372 e. The van der Waals surface area contributed by atoms with Crippen LogP contribution in [0.1, 0.15) is 29.8 Å². The highest BCUT2D eigenvalue weighted by Gasteiger charge is 2.36. The zero-order valence-electron chi connectivity index (χ0n) is 12.7. The number of amides is 1. The second-order valence-electron chi connectivity index (χ2n) is 6.04. The number of nitrogens with one attached hydrogen (secondary N) is 1. The standard InChI is InChI=1S/C15H23N5O/c1-16-14-6-5-12(17-18-14)15(21)20-9-7-13-11(10-20)4-3-8-19(13)2/h5-6,11,13H,3-4,7-10H2,1-2H3,(H,16,18). The van der Waals surface area contributed by atoms with Crippen molar-refractivity contribution in [3.63, 3.8) is 0 Å². The summed E-state index contributed by atoms with van der Waals surface area (Å²) in [7, 11) is 3.99. The number of nitrogens with zero attached hydrogens (tertiary/aromatic N) is 4. The Morgan fingerprint density at radius 1 is 1.29 bits per heavy atom. The maximum absolute atomic E-state index is 12.5. The Balaban J connectivity index is 1.68. The van der Waals surface area contributed by atoms with Gasteiger partial charge in [-0.1, -0.05) is 0 Å². The highest BCUT2D eigenvalue weighted by molar-refractivity contribution is 5.92. The third kappa shape index (κ3) is 2.85. The van der Waals surface area contributed by atoms with Gasteiger partial charge in [-0.15, -0.1) is 10.2 Å². The van der Waals surface area contributed by atoms with Crippen LogP contribution in [0.15, 0.2) is 12.1 Å². The van der Waals surface area contributed by atoms with E-state index >= 15 is 0 Å². The van der Waals surface area contributed by atoms with Gasteiger partial charge < -0.3 is 15.1 Å². The van der Waals surface area contributed by atoms with Crippen LogP contribution in [0.4, 0.5) is 5.82 Å². The highest BCUT2D eigenvalue weighted by Crippen LogP contribution is 2.30. The van der Waals surface area contributed by atoms with Crippen LogP contribution in [0.5, 0.6) is 0 Å². The Morgan fingerprint density at radius 3 is 2.86 bits per heavy atom. The van der Waals surface area contributed by atoms with Gasteiger partial charge in [0.1, 0.15) is 5.82 Å². The second kappa shape index (κ2) is 5.97. The van der Waals surface area contributed by atoms with Gasteiger partial charge in [0.2, 0.25) is 0 Å². The molecule has 0 aliphatic carbocycles. The van der Waals surface area contributed by atoms with Crippen molar-refractivity contribution in [2.24, 2.45) is 5.92 Å². The molecule has 3 rings (SSSR count). The van der Waals surface area contributed by atoms with E-state index in [-0.39, 0.29) is 5.91 Å². The summed E-state index contributed by atoms with van der Waals surface area (Å²) < 4.78 is 0. The summed E-state index contributed by atoms with van der Waals surface area (Å²) in [5.41, 5.74) is 0.441. The van der Waals surface area contributed by atoms with Crippen molar-refractivity contribution in [2.45, 2.75) is 25.3 Å².